The molecule has 1 aliphatic rings. The molecule has 0 fully saturated rings. The summed E-state index contributed by atoms with van der Waals surface area (Å²) in [5, 5.41) is 0. The Morgan fingerprint density at radius 1 is 0.295 bits per heavy atom. The van der Waals surface area contributed by atoms with E-state index < -0.39 is 0 Å². The molecular weight excluding hydrogens is 737 g/mol. The van der Waals surface area contributed by atoms with Crippen LogP contribution in [0.1, 0.15) is 36.1 Å². The average molecular weight is 785 g/mol. The van der Waals surface area contributed by atoms with Gasteiger partial charge in [0, 0.05) is 39.5 Å². The van der Waals surface area contributed by atoms with Crippen molar-refractivity contribution in [3.8, 4) is 44.5 Å². The second-order valence-electron chi connectivity index (χ2n) is 16.7. The van der Waals surface area contributed by atoms with E-state index in [0.29, 0.717) is 0 Å². The minimum atomic E-state index is -0.144. The molecule has 0 saturated carbocycles. The molecular formula is C59H48N2. The number of para-hydroxylation sites is 4. The fraction of sp³-hybridized carbons (Fsp3) is 0.0847. The van der Waals surface area contributed by atoms with Crippen LogP contribution in [-0.4, -0.2) is 0 Å². The summed E-state index contributed by atoms with van der Waals surface area (Å²) in [6.45, 7) is 9.22. The third kappa shape index (κ3) is 7.00. The molecule has 294 valence electrons. The lowest BCUT2D eigenvalue weighted by atomic mass is 9.80. The third-order valence-electron chi connectivity index (χ3n) is 12.5. The van der Waals surface area contributed by atoms with Crippen LogP contribution in [0.2, 0.25) is 0 Å². The smallest absolute Gasteiger partial charge is 0.0491 e. The molecule has 0 radical (unpaired) electrons. The number of anilines is 6. The Hall–Kier alpha value is -7.42. The molecule has 10 rings (SSSR count). The molecule has 0 amide bonds. The van der Waals surface area contributed by atoms with Crippen molar-refractivity contribution in [2.45, 2.75) is 33.1 Å². The Bertz CT molecular complexity index is 2910. The molecule has 0 saturated heterocycles. The van der Waals surface area contributed by atoms with Crippen LogP contribution in [0.4, 0.5) is 34.1 Å². The van der Waals surface area contributed by atoms with Crippen molar-refractivity contribution in [1.82, 2.24) is 0 Å². The highest BCUT2D eigenvalue weighted by molar-refractivity contribution is 5.88. The molecule has 0 bridgehead atoms. The number of benzene rings is 9. The van der Waals surface area contributed by atoms with E-state index in [1.165, 1.54) is 72.4 Å². The lowest BCUT2D eigenvalue weighted by Crippen LogP contribution is -2.15. The fourth-order valence-corrected chi connectivity index (χ4v) is 9.32. The van der Waals surface area contributed by atoms with Crippen molar-refractivity contribution in [2.24, 2.45) is 0 Å². The first-order valence-electron chi connectivity index (χ1n) is 21.3. The molecule has 0 atom stereocenters. The standard InChI is InChI=1S/C59H48N2/c1-41-37-44(45-30-36-58(42(2)38-45)61(50-21-13-7-14-22-50)51-23-15-8-16-24-51)27-33-53(41)47-29-35-55-54-34-28-46(39-56(54)59(3,4)57(55)40-47)43-25-31-52(32-26-43)60(48-17-9-5-10-18-48)49-19-11-6-12-20-49/h5-40H,1-4H3. The van der Waals surface area contributed by atoms with E-state index in [4.69, 9.17) is 0 Å². The number of fused-ring (bicyclic) bond motifs is 3. The monoisotopic (exact) mass is 784 g/mol. The van der Waals surface area contributed by atoms with Crippen LogP contribution in [0.3, 0.4) is 0 Å². The molecule has 0 aliphatic heterocycles. The topological polar surface area (TPSA) is 6.48 Å². The van der Waals surface area contributed by atoms with Crippen LogP contribution < -0.4 is 9.80 Å². The van der Waals surface area contributed by atoms with Gasteiger partial charge in [0.15, 0.2) is 0 Å². The summed E-state index contributed by atoms with van der Waals surface area (Å²) in [5.74, 6) is 0. The fourth-order valence-electron chi connectivity index (χ4n) is 9.32. The maximum absolute atomic E-state index is 2.44. The average Bonchev–Trinajstić information content (AvgIpc) is 3.53. The van der Waals surface area contributed by atoms with Crippen LogP contribution in [0.15, 0.2) is 218 Å². The number of rotatable bonds is 9. The van der Waals surface area contributed by atoms with E-state index in [1.807, 2.05) is 0 Å². The molecule has 0 unspecified atom stereocenters. The van der Waals surface area contributed by atoms with Gasteiger partial charge in [-0.25, -0.2) is 0 Å². The largest absolute Gasteiger partial charge is 0.311 e. The van der Waals surface area contributed by atoms with Crippen LogP contribution in [0, 0.1) is 13.8 Å². The van der Waals surface area contributed by atoms with Gasteiger partial charge in [0.05, 0.1) is 0 Å². The Labute approximate surface area is 360 Å². The summed E-state index contributed by atoms with van der Waals surface area (Å²) in [6, 6.07) is 79.3. The van der Waals surface area contributed by atoms with Crippen molar-refractivity contribution in [3.63, 3.8) is 0 Å². The highest BCUT2D eigenvalue weighted by Crippen LogP contribution is 2.51. The van der Waals surface area contributed by atoms with E-state index in [9.17, 15) is 0 Å². The second kappa shape index (κ2) is 15.6. The van der Waals surface area contributed by atoms with Gasteiger partial charge in [0.25, 0.3) is 0 Å². The number of hydrogen-bond acceptors (Lipinski definition) is 2. The van der Waals surface area contributed by atoms with Gasteiger partial charge in [-0.1, -0.05) is 147 Å². The molecule has 0 heterocycles. The first kappa shape index (κ1) is 37.8. The van der Waals surface area contributed by atoms with E-state index in [0.717, 1.165) is 28.4 Å². The van der Waals surface area contributed by atoms with Gasteiger partial charge in [0.1, 0.15) is 0 Å². The predicted octanol–water partition coefficient (Wildman–Crippen LogP) is 16.6. The highest BCUT2D eigenvalue weighted by Gasteiger charge is 2.36. The van der Waals surface area contributed by atoms with E-state index in [1.54, 1.807) is 0 Å². The summed E-state index contributed by atoms with van der Waals surface area (Å²) in [7, 11) is 0. The lowest BCUT2D eigenvalue weighted by molar-refractivity contribution is 0.661. The summed E-state index contributed by atoms with van der Waals surface area (Å²) in [5.41, 5.74) is 22.1. The van der Waals surface area contributed by atoms with Crippen molar-refractivity contribution in [1.29, 1.82) is 0 Å². The molecule has 0 aromatic heterocycles. The molecule has 0 spiro atoms. The minimum absolute atomic E-state index is 0.144. The Morgan fingerprint density at radius 2 is 0.656 bits per heavy atom. The molecule has 0 N–H and O–H groups in total. The highest BCUT2D eigenvalue weighted by atomic mass is 15.1. The quantitative estimate of drug-likeness (QED) is 0.144. The maximum Gasteiger partial charge on any atom is 0.0491 e. The van der Waals surface area contributed by atoms with E-state index in [-0.39, 0.29) is 5.41 Å². The van der Waals surface area contributed by atoms with E-state index >= 15 is 0 Å². The minimum Gasteiger partial charge on any atom is -0.311 e. The molecule has 61 heavy (non-hydrogen) atoms. The zero-order valence-corrected chi connectivity index (χ0v) is 35.2. The third-order valence-corrected chi connectivity index (χ3v) is 12.5. The zero-order valence-electron chi connectivity index (χ0n) is 35.2. The molecule has 1 aliphatic carbocycles. The SMILES string of the molecule is Cc1cc(-c2ccc(N(c3ccccc3)c3ccccc3)c(C)c2)ccc1-c1ccc2c(c1)C(C)(C)c1cc(-c3ccc(N(c4ccccc4)c4ccccc4)cc3)ccc1-2. The van der Waals surface area contributed by atoms with Crippen molar-refractivity contribution >= 4 is 34.1 Å². The number of aryl methyl sites for hydroxylation is 2. The summed E-state index contributed by atoms with van der Waals surface area (Å²) in [4.78, 5) is 4.65. The normalized spacial score (nSPS) is 12.4. The van der Waals surface area contributed by atoms with Gasteiger partial charge in [-0.2, -0.15) is 0 Å². The first-order chi connectivity index (χ1) is 29.8. The predicted molar refractivity (Wildman–Crippen MR) is 259 cm³/mol. The summed E-state index contributed by atoms with van der Waals surface area (Å²) < 4.78 is 0. The molecule has 2 heteroatoms. The van der Waals surface area contributed by atoms with Gasteiger partial charge >= 0.3 is 0 Å². The summed E-state index contributed by atoms with van der Waals surface area (Å²) >= 11 is 0. The first-order valence-corrected chi connectivity index (χ1v) is 21.3. The van der Waals surface area contributed by atoms with Crippen LogP contribution in [0.25, 0.3) is 44.5 Å². The van der Waals surface area contributed by atoms with Crippen molar-refractivity contribution in [3.05, 3.63) is 241 Å². The lowest BCUT2D eigenvalue weighted by Gasteiger charge is -2.27. The molecule has 2 nitrogen and oxygen atoms in total. The molecule has 9 aromatic rings. The van der Waals surface area contributed by atoms with Gasteiger partial charge in [0.2, 0.25) is 0 Å². The van der Waals surface area contributed by atoms with Crippen LogP contribution in [-0.2, 0) is 5.41 Å². The molecule has 9 aromatic carbocycles. The van der Waals surface area contributed by atoms with Gasteiger partial charge in [-0.15, -0.1) is 0 Å². The maximum atomic E-state index is 2.44. The zero-order chi connectivity index (χ0) is 41.5. The van der Waals surface area contributed by atoms with Crippen molar-refractivity contribution in [2.75, 3.05) is 9.80 Å². The Morgan fingerprint density at radius 3 is 1.13 bits per heavy atom. The number of nitrogens with zero attached hydrogens (tertiary/aromatic N) is 2. The van der Waals surface area contributed by atoms with Crippen LogP contribution in [0.5, 0.6) is 0 Å². The Balaban J connectivity index is 0.917. The second-order valence-corrected chi connectivity index (χ2v) is 16.7. The van der Waals surface area contributed by atoms with Gasteiger partial charge < -0.3 is 9.80 Å². The van der Waals surface area contributed by atoms with Gasteiger partial charge in [-0.3, -0.25) is 0 Å². The summed E-state index contributed by atoms with van der Waals surface area (Å²) in [6.07, 6.45) is 0. The van der Waals surface area contributed by atoms with Crippen LogP contribution >= 0.6 is 0 Å². The number of hydrogen-bond donors (Lipinski definition) is 0. The van der Waals surface area contributed by atoms with Gasteiger partial charge in [-0.05, 0) is 166 Å². The van der Waals surface area contributed by atoms with Crippen molar-refractivity contribution < 1.29 is 0 Å². The Kier molecular flexibility index (Phi) is 9.70. The van der Waals surface area contributed by atoms with E-state index in [2.05, 4.69) is 256 Å².